The normalized spacial score (nSPS) is 29.1. The molecule has 1 saturated carbocycles. The third kappa shape index (κ3) is 4.33. The molecule has 2 aromatic rings. The molecule has 32 heavy (non-hydrogen) atoms. The van der Waals surface area contributed by atoms with Gasteiger partial charge in [-0.05, 0) is 68.7 Å². The van der Waals surface area contributed by atoms with Crippen LogP contribution in [0.4, 0.5) is 0 Å². The molecule has 0 spiro atoms. The first-order valence-corrected chi connectivity index (χ1v) is 12.4. The Hall–Kier alpha value is -2.24. The summed E-state index contributed by atoms with van der Waals surface area (Å²) in [5, 5.41) is 0. The average molecular weight is 433 g/mol. The summed E-state index contributed by atoms with van der Waals surface area (Å²) >= 11 is 0. The van der Waals surface area contributed by atoms with Gasteiger partial charge in [-0.2, -0.15) is 0 Å². The van der Waals surface area contributed by atoms with E-state index in [1.54, 1.807) is 0 Å². The first-order valence-electron chi connectivity index (χ1n) is 12.4. The van der Waals surface area contributed by atoms with Crippen LogP contribution in [-0.4, -0.2) is 52.4 Å². The smallest absolute Gasteiger partial charge is 0.273 e. The molecular weight excluding hydrogens is 396 g/mol. The van der Waals surface area contributed by atoms with Crippen LogP contribution in [0, 0.1) is 5.92 Å². The first-order chi connectivity index (χ1) is 15.6. The molecule has 3 aliphatic rings. The monoisotopic (exact) mass is 432 g/mol. The Morgan fingerprint density at radius 1 is 1.09 bits per heavy atom. The summed E-state index contributed by atoms with van der Waals surface area (Å²) < 4.78 is 0. The van der Waals surface area contributed by atoms with Gasteiger partial charge >= 0.3 is 0 Å². The number of fused-ring (bicyclic) bond motifs is 1. The second-order valence-electron chi connectivity index (χ2n) is 10.1. The number of nitrogens with zero attached hydrogens (tertiary/aromatic N) is 3. The molecule has 0 radical (unpaired) electrons. The highest BCUT2D eigenvalue weighted by atomic mass is 16.2. The quantitative estimate of drug-likeness (QED) is 0.762. The van der Waals surface area contributed by atoms with Crippen LogP contribution in [0.15, 0.2) is 48.5 Å². The van der Waals surface area contributed by atoms with Crippen molar-refractivity contribution in [3.63, 3.8) is 0 Å². The maximum atomic E-state index is 13.8. The van der Waals surface area contributed by atoms with E-state index in [9.17, 15) is 4.79 Å². The van der Waals surface area contributed by atoms with Gasteiger partial charge in [-0.15, -0.1) is 0 Å². The third-order valence-electron chi connectivity index (χ3n) is 7.90. The van der Waals surface area contributed by atoms with Gasteiger partial charge in [-0.25, -0.2) is 4.98 Å². The van der Waals surface area contributed by atoms with Crippen LogP contribution in [0.25, 0.3) is 0 Å². The van der Waals surface area contributed by atoms with Gasteiger partial charge in [0.05, 0.1) is 5.69 Å². The number of carbonyl (C=O) groups excluding carboxylic acids is 1. The first kappa shape index (κ1) is 21.6. The van der Waals surface area contributed by atoms with E-state index in [1.807, 2.05) is 25.1 Å². The summed E-state index contributed by atoms with van der Waals surface area (Å²) in [4.78, 5) is 23.2. The van der Waals surface area contributed by atoms with Crippen LogP contribution in [-0.2, 0) is 0 Å². The molecule has 170 valence electrons. The van der Waals surface area contributed by atoms with Crippen molar-refractivity contribution in [1.82, 2.24) is 14.8 Å². The van der Waals surface area contributed by atoms with Crippen molar-refractivity contribution < 1.29 is 4.79 Å². The molecule has 1 aromatic heterocycles. The number of aromatic nitrogens is 1. The van der Waals surface area contributed by atoms with Gasteiger partial charge in [-0.3, -0.25) is 4.79 Å². The fourth-order valence-corrected chi connectivity index (χ4v) is 6.29. The Labute approximate surface area is 192 Å². The van der Waals surface area contributed by atoms with Crippen LogP contribution in [0.2, 0.25) is 0 Å². The molecule has 5 unspecified atom stereocenters. The van der Waals surface area contributed by atoms with Gasteiger partial charge in [0.1, 0.15) is 5.69 Å². The number of amides is 1. The predicted octanol–water partition coefficient (Wildman–Crippen LogP) is 4.36. The van der Waals surface area contributed by atoms with Crippen LogP contribution < -0.4 is 5.73 Å². The highest BCUT2D eigenvalue weighted by Gasteiger charge is 2.45. The second-order valence-corrected chi connectivity index (χ2v) is 10.1. The zero-order chi connectivity index (χ0) is 22.1. The number of nitrogens with two attached hydrogens (primary N) is 1. The molecule has 2 saturated heterocycles. The van der Waals surface area contributed by atoms with E-state index < -0.39 is 0 Å². The summed E-state index contributed by atoms with van der Waals surface area (Å²) in [5.74, 6) is 1.35. The average Bonchev–Trinajstić information content (AvgIpc) is 3.44. The molecule has 5 nitrogen and oxygen atoms in total. The van der Waals surface area contributed by atoms with Crippen molar-refractivity contribution in [2.45, 2.75) is 69.5 Å². The number of benzene rings is 1. The second kappa shape index (κ2) is 9.32. The minimum atomic E-state index is -0.168. The maximum Gasteiger partial charge on any atom is 0.273 e. The number of carbonyl (C=O) groups is 1. The molecule has 2 N–H and O–H groups in total. The van der Waals surface area contributed by atoms with Crippen LogP contribution in [0.3, 0.4) is 0 Å². The van der Waals surface area contributed by atoms with E-state index >= 15 is 0 Å². The highest BCUT2D eigenvalue weighted by Crippen LogP contribution is 2.41. The lowest BCUT2D eigenvalue weighted by Gasteiger charge is -2.35. The van der Waals surface area contributed by atoms with Gasteiger partial charge in [-0.1, -0.05) is 49.2 Å². The SMILES string of the molecule is CC(N)c1cccc(C(=O)N2C(CN3CCC(c4ccccc4)C3)CC3CCCCC32)n1. The van der Waals surface area contributed by atoms with E-state index in [-0.39, 0.29) is 18.0 Å². The number of rotatable bonds is 5. The Morgan fingerprint density at radius 3 is 2.72 bits per heavy atom. The fraction of sp³-hybridized carbons (Fsp3) is 0.556. The maximum absolute atomic E-state index is 13.8. The van der Waals surface area contributed by atoms with E-state index in [2.05, 4.69) is 45.1 Å². The number of pyridine rings is 1. The van der Waals surface area contributed by atoms with Crippen molar-refractivity contribution in [3.05, 3.63) is 65.5 Å². The van der Waals surface area contributed by atoms with E-state index in [4.69, 9.17) is 5.73 Å². The largest absolute Gasteiger partial charge is 0.330 e. The summed E-state index contributed by atoms with van der Waals surface area (Å²) in [6, 6.07) is 17.1. The van der Waals surface area contributed by atoms with Crippen molar-refractivity contribution in [2.75, 3.05) is 19.6 Å². The minimum absolute atomic E-state index is 0.103. The van der Waals surface area contributed by atoms with Gasteiger partial charge in [0.25, 0.3) is 5.91 Å². The molecule has 1 amide bonds. The Kier molecular flexibility index (Phi) is 6.29. The van der Waals surface area contributed by atoms with E-state index in [0.717, 1.165) is 38.2 Å². The lowest BCUT2D eigenvalue weighted by Crippen LogP contribution is -2.47. The lowest BCUT2D eigenvalue weighted by atomic mass is 9.84. The molecule has 5 atom stereocenters. The van der Waals surface area contributed by atoms with Gasteiger partial charge in [0, 0.05) is 31.2 Å². The zero-order valence-corrected chi connectivity index (χ0v) is 19.2. The van der Waals surface area contributed by atoms with Crippen LogP contribution >= 0.6 is 0 Å². The Morgan fingerprint density at radius 2 is 1.91 bits per heavy atom. The van der Waals surface area contributed by atoms with Gasteiger partial charge in [0.15, 0.2) is 0 Å². The summed E-state index contributed by atoms with van der Waals surface area (Å²) in [5.41, 5.74) is 8.83. The molecule has 3 heterocycles. The molecule has 2 aliphatic heterocycles. The lowest BCUT2D eigenvalue weighted by molar-refractivity contribution is 0.0581. The third-order valence-corrected chi connectivity index (χ3v) is 7.90. The summed E-state index contributed by atoms with van der Waals surface area (Å²) in [7, 11) is 0. The number of likely N-dealkylation sites (tertiary alicyclic amines) is 2. The summed E-state index contributed by atoms with van der Waals surface area (Å²) in [6.45, 7) is 5.11. The molecule has 5 heteroatoms. The van der Waals surface area contributed by atoms with Crippen LogP contribution in [0.5, 0.6) is 0 Å². The number of hydrogen-bond acceptors (Lipinski definition) is 4. The molecule has 1 aromatic carbocycles. The molecule has 3 fully saturated rings. The molecule has 0 bridgehead atoms. The topological polar surface area (TPSA) is 62.5 Å². The van der Waals surface area contributed by atoms with Gasteiger partial charge in [0.2, 0.25) is 0 Å². The van der Waals surface area contributed by atoms with Crippen molar-refractivity contribution in [3.8, 4) is 0 Å². The molecular formula is C27H36N4O. The Bertz CT molecular complexity index is 930. The predicted molar refractivity (Wildman–Crippen MR) is 127 cm³/mol. The summed E-state index contributed by atoms with van der Waals surface area (Å²) in [6.07, 6.45) is 7.25. The highest BCUT2D eigenvalue weighted by molar-refractivity contribution is 5.93. The molecule has 1 aliphatic carbocycles. The van der Waals surface area contributed by atoms with Crippen molar-refractivity contribution in [1.29, 1.82) is 0 Å². The zero-order valence-electron chi connectivity index (χ0n) is 19.2. The Balaban J connectivity index is 1.34. The van der Waals surface area contributed by atoms with E-state index in [1.165, 1.54) is 31.2 Å². The number of hydrogen-bond donors (Lipinski definition) is 1. The van der Waals surface area contributed by atoms with Crippen molar-refractivity contribution in [2.24, 2.45) is 11.7 Å². The van der Waals surface area contributed by atoms with Crippen LogP contribution in [0.1, 0.15) is 79.2 Å². The van der Waals surface area contributed by atoms with E-state index in [0.29, 0.717) is 23.6 Å². The fourth-order valence-electron chi connectivity index (χ4n) is 6.29. The minimum Gasteiger partial charge on any atom is -0.330 e. The molecule has 5 rings (SSSR count). The standard InChI is InChI=1S/C27H36N4O/c1-19(28)24-11-7-12-25(29-24)27(32)31-23(16-21-10-5-6-13-26(21)31)18-30-15-14-22(17-30)20-8-3-2-4-9-20/h2-4,7-9,11-12,19,21-23,26H,5-6,10,13-18,28H2,1H3. The van der Waals surface area contributed by atoms with Crippen molar-refractivity contribution >= 4 is 5.91 Å². The van der Waals surface area contributed by atoms with Gasteiger partial charge < -0.3 is 15.5 Å².